The lowest BCUT2D eigenvalue weighted by molar-refractivity contribution is -0.134. The van der Waals surface area contributed by atoms with Crippen LogP contribution in [0.4, 0.5) is 0 Å². The molecular weight excluding hydrogens is 480 g/mol. The van der Waals surface area contributed by atoms with Gasteiger partial charge in [0.05, 0.1) is 11.8 Å². The Balaban J connectivity index is 1.23. The number of rotatable bonds is 5. The Morgan fingerprint density at radius 2 is 1.79 bits per heavy atom. The summed E-state index contributed by atoms with van der Waals surface area (Å²) < 4.78 is 5.94. The van der Waals surface area contributed by atoms with Gasteiger partial charge in [-0.2, -0.15) is 5.10 Å². The van der Waals surface area contributed by atoms with Gasteiger partial charge in [0.15, 0.2) is 6.17 Å². The van der Waals surface area contributed by atoms with E-state index in [0.29, 0.717) is 44.6 Å². The number of hydrogen-bond acceptors (Lipinski definition) is 8. The molecule has 1 saturated carbocycles. The molecule has 4 aliphatic rings. The number of benzene rings is 2. The number of ketones is 1. The number of hydrazone groups is 1. The molecule has 38 heavy (non-hydrogen) atoms. The first-order valence-corrected chi connectivity index (χ1v) is 13.0. The third-order valence-corrected chi connectivity index (χ3v) is 8.18. The molecule has 1 spiro atoms. The number of nitrogens with zero attached hydrogens (tertiary/aromatic N) is 5. The summed E-state index contributed by atoms with van der Waals surface area (Å²) in [4.78, 5) is 36.1. The van der Waals surface area contributed by atoms with Gasteiger partial charge in [-0.15, -0.1) is 0 Å². The molecule has 0 radical (unpaired) electrons. The second-order valence-electron chi connectivity index (χ2n) is 10.3. The number of nitrogens with two attached hydrogens (primary N) is 1. The van der Waals surface area contributed by atoms with Crippen LogP contribution in [0, 0.1) is 11.3 Å². The van der Waals surface area contributed by atoms with Crippen LogP contribution in [0.25, 0.3) is 0 Å². The number of likely N-dealkylation sites (tertiary alicyclic amines) is 1. The molecular formula is C29H30N6O3. The fourth-order valence-electron chi connectivity index (χ4n) is 6.11. The van der Waals surface area contributed by atoms with Gasteiger partial charge in [-0.05, 0) is 67.3 Å². The van der Waals surface area contributed by atoms with Gasteiger partial charge >= 0.3 is 0 Å². The first-order valence-electron chi connectivity index (χ1n) is 13.0. The number of hydrogen-bond donors (Lipinski definition) is 1. The minimum Gasteiger partial charge on any atom is -0.457 e. The number of aliphatic imine (C=N–C) groups is 2. The lowest BCUT2D eigenvalue weighted by atomic mass is 9.76. The molecule has 2 aromatic rings. The van der Waals surface area contributed by atoms with Crippen LogP contribution in [0.2, 0.25) is 0 Å². The smallest absolute Gasteiger partial charge is 0.245 e. The van der Waals surface area contributed by atoms with Gasteiger partial charge in [0.1, 0.15) is 35.4 Å². The largest absolute Gasteiger partial charge is 0.457 e. The molecule has 3 heterocycles. The van der Waals surface area contributed by atoms with Crippen LogP contribution in [0.3, 0.4) is 0 Å². The highest BCUT2D eigenvalue weighted by atomic mass is 16.5. The van der Waals surface area contributed by atoms with E-state index in [1.54, 1.807) is 4.90 Å². The van der Waals surface area contributed by atoms with E-state index in [4.69, 9.17) is 15.6 Å². The van der Waals surface area contributed by atoms with Crippen molar-refractivity contribution >= 4 is 29.6 Å². The number of fused-ring (bicyclic) bond motifs is 1. The van der Waals surface area contributed by atoms with Crippen molar-refractivity contribution in [2.45, 2.75) is 37.9 Å². The number of para-hydroxylation sites is 1. The Morgan fingerprint density at radius 3 is 2.50 bits per heavy atom. The molecule has 2 fully saturated rings. The maximum Gasteiger partial charge on any atom is 0.245 e. The Hall–Kier alpha value is -4.27. The molecule has 6 rings (SSSR count). The molecule has 3 unspecified atom stereocenters. The van der Waals surface area contributed by atoms with Crippen molar-refractivity contribution in [3.8, 4) is 11.5 Å². The predicted octanol–water partition coefficient (Wildman–Crippen LogP) is 3.37. The number of carbonyl (C=O) groups is 2. The highest BCUT2D eigenvalue weighted by Gasteiger charge is 2.53. The topological polar surface area (TPSA) is 113 Å². The Labute approximate surface area is 221 Å². The van der Waals surface area contributed by atoms with Crippen molar-refractivity contribution in [3.63, 3.8) is 0 Å². The summed E-state index contributed by atoms with van der Waals surface area (Å²) in [6, 6.07) is 17.3. The Bertz CT molecular complexity index is 1340. The monoisotopic (exact) mass is 510 g/mol. The van der Waals surface area contributed by atoms with E-state index in [1.165, 1.54) is 12.4 Å². The molecule has 9 nitrogen and oxygen atoms in total. The standard InChI is InChI=1S/C29H30N6O3/c1-2-24(37)34-14-12-29(13-15-34)17-20(16-23(29)36)35-28-25(27(30)31-18-32-28)26(33-35)19-8-10-22(11-9-19)38-21-6-4-3-5-7-21/h2-11,18,20,25,28H,1,12-17H2,(H2,30,31,32). The highest BCUT2D eigenvalue weighted by Crippen LogP contribution is 2.47. The third-order valence-electron chi connectivity index (χ3n) is 8.18. The number of Topliss-reactive ketones (excluding diaryl/α,β-unsaturated/α-hetero) is 1. The zero-order valence-corrected chi connectivity index (χ0v) is 21.1. The van der Waals surface area contributed by atoms with E-state index < -0.39 is 5.41 Å². The van der Waals surface area contributed by atoms with Crippen molar-refractivity contribution in [2.24, 2.45) is 32.2 Å². The van der Waals surface area contributed by atoms with Gasteiger partial charge in [0, 0.05) is 24.9 Å². The van der Waals surface area contributed by atoms with Crippen LogP contribution in [-0.4, -0.2) is 64.8 Å². The van der Waals surface area contributed by atoms with Crippen molar-refractivity contribution < 1.29 is 14.3 Å². The maximum absolute atomic E-state index is 13.3. The fraction of sp³-hybridized carbons (Fsp3) is 0.345. The van der Waals surface area contributed by atoms with Crippen LogP contribution >= 0.6 is 0 Å². The molecule has 194 valence electrons. The van der Waals surface area contributed by atoms with Crippen molar-refractivity contribution in [2.75, 3.05) is 13.1 Å². The summed E-state index contributed by atoms with van der Waals surface area (Å²) in [5, 5.41) is 6.99. The minimum absolute atomic E-state index is 0.0787. The van der Waals surface area contributed by atoms with Crippen LogP contribution in [0.1, 0.15) is 31.2 Å². The van der Waals surface area contributed by atoms with Crippen molar-refractivity contribution in [1.29, 1.82) is 0 Å². The van der Waals surface area contributed by atoms with E-state index in [0.717, 1.165) is 22.8 Å². The van der Waals surface area contributed by atoms with E-state index in [2.05, 4.69) is 16.6 Å². The Morgan fingerprint density at radius 1 is 1.08 bits per heavy atom. The average molecular weight is 511 g/mol. The molecule has 2 N–H and O–H groups in total. The van der Waals surface area contributed by atoms with Crippen LogP contribution in [0.15, 0.2) is 82.3 Å². The van der Waals surface area contributed by atoms with Crippen molar-refractivity contribution in [3.05, 3.63) is 72.8 Å². The molecule has 3 atom stereocenters. The zero-order chi connectivity index (χ0) is 26.3. The lowest BCUT2D eigenvalue weighted by Gasteiger charge is -2.38. The van der Waals surface area contributed by atoms with Crippen LogP contribution in [0.5, 0.6) is 11.5 Å². The SMILES string of the molecule is C=CC(=O)N1CCC2(CC1)CC(N1N=C(c3ccc(Oc4ccccc4)cc3)C3C(N)=NC=NC31)CC2=O. The maximum atomic E-state index is 13.3. The first kappa shape index (κ1) is 24.1. The fourth-order valence-corrected chi connectivity index (χ4v) is 6.11. The molecule has 1 saturated heterocycles. The Kier molecular flexibility index (Phi) is 6.06. The summed E-state index contributed by atoms with van der Waals surface area (Å²) in [6.07, 6.45) is 4.92. The van der Waals surface area contributed by atoms with Crippen LogP contribution in [-0.2, 0) is 9.59 Å². The summed E-state index contributed by atoms with van der Waals surface area (Å²) in [6.45, 7) is 4.72. The zero-order valence-electron chi connectivity index (χ0n) is 21.1. The summed E-state index contributed by atoms with van der Waals surface area (Å²) in [5.41, 5.74) is 7.65. The van der Waals surface area contributed by atoms with Gasteiger partial charge in [-0.1, -0.05) is 24.8 Å². The minimum atomic E-state index is -0.426. The molecule has 2 aromatic carbocycles. The molecule has 1 aliphatic carbocycles. The van der Waals surface area contributed by atoms with Gasteiger partial charge in [-0.3, -0.25) is 14.6 Å². The predicted molar refractivity (Wildman–Crippen MR) is 145 cm³/mol. The van der Waals surface area contributed by atoms with E-state index >= 15 is 0 Å². The molecule has 3 aliphatic heterocycles. The second kappa shape index (κ2) is 9.55. The second-order valence-corrected chi connectivity index (χ2v) is 10.3. The van der Waals surface area contributed by atoms with Gasteiger partial charge in [0.25, 0.3) is 0 Å². The summed E-state index contributed by atoms with van der Waals surface area (Å²) in [5.74, 6) is 1.83. The summed E-state index contributed by atoms with van der Waals surface area (Å²) >= 11 is 0. The van der Waals surface area contributed by atoms with Crippen molar-refractivity contribution in [1.82, 2.24) is 9.91 Å². The highest BCUT2D eigenvalue weighted by molar-refractivity contribution is 6.17. The average Bonchev–Trinajstić information content (AvgIpc) is 3.48. The van der Waals surface area contributed by atoms with E-state index in [9.17, 15) is 9.59 Å². The molecule has 9 heteroatoms. The van der Waals surface area contributed by atoms with E-state index in [-0.39, 0.29) is 29.8 Å². The van der Waals surface area contributed by atoms with E-state index in [1.807, 2.05) is 59.6 Å². The number of amidine groups is 1. The number of piperidine rings is 1. The number of amides is 1. The van der Waals surface area contributed by atoms with Crippen LogP contribution < -0.4 is 10.5 Å². The normalized spacial score (nSPS) is 25.7. The van der Waals surface area contributed by atoms with Gasteiger partial charge in [-0.25, -0.2) is 9.98 Å². The lowest BCUT2D eigenvalue weighted by Crippen LogP contribution is -2.46. The van der Waals surface area contributed by atoms with Gasteiger partial charge in [0.2, 0.25) is 5.91 Å². The molecule has 0 bridgehead atoms. The molecule has 1 amide bonds. The quantitative estimate of drug-likeness (QED) is 0.620. The molecule has 0 aromatic heterocycles. The van der Waals surface area contributed by atoms with Gasteiger partial charge < -0.3 is 15.4 Å². The number of carbonyl (C=O) groups excluding carboxylic acids is 2. The first-order chi connectivity index (χ1) is 18.5. The summed E-state index contributed by atoms with van der Waals surface area (Å²) in [7, 11) is 0. The third kappa shape index (κ3) is 4.17. The number of ether oxygens (including phenoxy) is 1.